The van der Waals surface area contributed by atoms with Gasteiger partial charge in [-0.3, -0.25) is 10.3 Å². The minimum atomic E-state index is 0.203. The lowest BCUT2D eigenvalue weighted by atomic mass is 10.1. The van der Waals surface area contributed by atoms with Crippen LogP contribution >= 0.6 is 0 Å². The van der Waals surface area contributed by atoms with Crippen LogP contribution in [0.1, 0.15) is 12.0 Å². The lowest BCUT2D eigenvalue weighted by Crippen LogP contribution is -2.30. The van der Waals surface area contributed by atoms with Gasteiger partial charge in [-0.2, -0.15) is 0 Å². The number of hydrogen-bond donors (Lipinski definition) is 2. The van der Waals surface area contributed by atoms with Crippen molar-refractivity contribution in [2.75, 3.05) is 39.7 Å². The van der Waals surface area contributed by atoms with Crippen LogP contribution in [0.25, 0.3) is 17.5 Å². The number of nitrogens with one attached hydrogen (secondary N) is 2. The van der Waals surface area contributed by atoms with Crippen molar-refractivity contribution in [3.05, 3.63) is 66.3 Å². The largest absolute Gasteiger partial charge is 0.493 e. The lowest BCUT2D eigenvalue weighted by Gasteiger charge is -2.19. The molecule has 34 heavy (non-hydrogen) atoms. The first-order valence-corrected chi connectivity index (χ1v) is 11.2. The molecule has 3 aromatic rings. The van der Waals surface area contributed by atoms with Crippen molar-refractivity contribution < 1.29 is 14.2 Å². The number of aromatic nitrogens is 2. The second-order valence-corrected chi connectivity index (χ2v) is 8.18. The SMILES string of the molecule is C=Cn1cc(-c2cc(OC)c(OC)c(OC)c2)nc(NC2CCN(Cc3ccccc3)C2)c1=N. The summed E-state index contributed by atoms with van der Waals surface area (Å²) in [4.78, 5) is 7.21. The Hall–Kier alpha value is -3.78. The Morgan fingerprint density at radius 2 is 1.82 bits per heavy atom. The molecule has 2 aromatic carbocycles. The normalized spacial score (nSPS) is 15.7. The van der Waals surface area contributed by atoms with Gasteiger partial charge in [-0.15, -0.1) is 0 Å². The third-order valence-electron chi connectivity index (χ3n) is 6.00. The average Bonchev–Trinajstić information content (AvgIpc) is 3.31. The monoisotopic (exact) mass is 461 g/mol. The smallest absolute Gasteiger partial charge is 0.203 e. The molecule has 1 saturated heterocycles. The maximum atomic E-state index is 8.60. The minimum absolute atomic E-state index is 0.203. The number of rotatable bonds is 9. The highest BCUT2D eigenvalue weighted by Gasteiger charge is 2.24. The average molecular weight is 462 g/mol. The zero-order valence-electron chi connectivity index (χ0n) is 19.9. The third kappa shape index (κ3) is 4.92. The van der Waals surface area contributed by atoms with Gasteiger partial charge in [0.2, 0.25) is 5.75 Å². The van der Waals surface area contributed by atoms with Crippen LogP contribution in [-0.2, 0) is 6.54 Å². The number of hydrogen-bond acceptors (Lipinski definition) is 7. The number of anilines is 1. The van der Waals surface area contributed by atoms with Gasteiger partial charge in [0.1, 0.15) is 0 Å². The number of ether oxygens (including phenoxy) is 3. The summed E-state index contributed by atoms with van der Waals surface area (Å²) in [6.45, 7) is 6.66. The molecule has 178 valence electrons. The summed E-state index contributed by atoms with van der Waals surface area (Å²) in [7, 11) is 4.74. The Labute approximate surface area is 199 Å². The van der Waals surface area contributed by atoms with Gasteiger partial charge >= 0.3 is 0 Å². The molecule has 0 radical (unpaired) electrons. The predicted molar refractivity (Wildman–Crippen MR) is 133 cm³/mol. The maximum Gasteiger partial charge on any atom is 0.203 e. The summed E-state index contributed by atoms with van der Waals surface area (Å²) in [5, 5.41) is 12.1. The summed E-state index contributed by atoms with van der Waals surface area (Å²) in [5.74, 6) is 2.12. The third-order valence-corrected chi connectivity index (χ3v) is 6.00. The highest BCUT2D eigenvalue weighted by atomic mass is 16.5. The van der Waals surface area contributed by atoms with Crippen LogP contribution in [0.4, 0.5) is 5.82 Å². The van der Waals surface area contributed by atoms with E-state index in [-0.39, 0.29) is 11.5 Å². The van der Waals surface area contributed by atoms with Crippen molar-refractivity contribution in [3.8, 4) is 28.5 Å². The fourth-order valence-corrected chi connectivity index (χ4v) is 4.26. The van der Waals surface area contributed by atoms with Crippen molar-refractivity contribution in [2.45, 2.75) is 19.0 Å². The molecule has 1 aliphatic rings. The summed E-state index contributed by atoms with van der Waals surface area (Å²) < 4.78 is 18.1. The number of benzene rings is 2. The fraction of sp³-hybridized carbons (Fsp3) is 0.308. The summed E-state index contributed by atoms with van der Waals surface area (Å²) >= 11 is 0. The van der Waals surface area contributed by atoms with Gasteiger partial charge in [0.25, 0.3) is 0 Å². The maximum absolute atomic E-state index is 8.60. The van der Waals surface area contributed by atoms with E-state index in [0.29, 0.717) is 28.8 Å². The Balaban J connectivity index is 1.60. The molecule has 1 unspecified atom stereocenters. The Kier molecular flexibility index (Phi) is 7.18. The molecule has 2 heterocycles. The predicted octanol–water partition coefficient (Wildman–Crippen LogP) is 3.84. The molecule has 1 aliphatic heterocycles. The molecule has 0 amide bonds. The van der Waals surface area contributed by atoms with E-state index in [9.17, 15) is 0 Å². The van der Waals surface area contributed by atoms with Crippen molar-refractivity contribution in [2.24, 2.45) is 0 Å². The number of likely N-dealkylation sites (tertiary alicyclic amines) is 1. The second kappa shape index (κ2) is 10.4. The Bertz CT molecular complexity index is 1180. The zero-order valence-corrected chi connectivity index (χ0v) is 19.9. The molecule has 0 spiro atoms. The second-order valence-electron chi connectivity index (χ2n) is 8.18. The Morgan fingerprint density at radius 1 is 1.12 bits per heavy atom. The first-order valence-electron chi connectivity index (χ1n) is 11.2. The lowest BCUT2D eigenvalue weighted by molar-refractivity contribution is 0.324. The van der Waals surface area contributed by atoms with Crippen LogP contribution in [0, 0.1) is 5.41 Å². The summed E-state index contributed by atoms with van der Waals surface area (Å²) in [6, 6.07) is 14.4. The summed E-state index contributed by atoms with van der Waals surface area (Å²) in [6.07, 6.45) is 4.36. The summed E-state index contributed by atoms with van der Waals surface area (Å²) in [5.41, 5.74) is 3.01. The van der Waals surface area contributed by atoms with Crippen LogP contribution in [0.15, 0.2) is 55.2 Å². The van der Waals surface area contributed by atoms with Crippen LogP contribution in [0.2, 0.25) is 0 Å². The first kappa shape index (κ1) is 23.4. The molecule has 8 heteroatoms. The van der Waals surface area contributed by atoms with Gasteiger partial charge in [0.15, 0.2) is 22.8 Å². The van der Waals surface area contributed by atoms with E-state index in [4.69, 9.17) is 24.6 Å². The molecule has 0 saturated carbocycles. The molecule has 1 aromatic heterocycles. The van der Waals surface area contributed by atoms with Gasteiger partial charge in [-0.25, -0.2) is 4.98 Å². The van der Waals surface area contributed by atoms with Gasteiger partial charge in [0.05, 0.1) is 27.0 Å². The molecule has 1 fully saturated rings. The molecule has 0 aliphatic carbocycles. The molecule has 1 atom stereocenters. The minimum Gasteiger partial charge on any atom is -0.493 e. The van der Waals surface area contributed by atoms with Crippen LogP contribution in [0.5, 0.6) is 17.2 Å². The van der Waals surface area contributed by atoms with E-state index in [2.05, 4.69) is 41.1 Å². The highest BCUT2D eigenvalue weighted by molar-refractivity contribution is 5.69. The standard InChI is InChI=1S/C26H31N5O3/c1-5-31-17-21(19-13-22(32-2)24(34-4)23(14-19)33-3)29-26(25(31)27)28-20-11-12-30(16-20)15-18-9-7-6-8-10-18/h5-10,13-14,17,20,27H,1,11-12,15-16H2,2-4H3,(H,28,29). The molecular formula is C26H31N5O3. The van der Waals surface area contributed by atoms with Crippen LogP contribution < -0.4 is 25.0 Å². The van der Waals surface area contributed by atoms with Crippen molar-refractivity contribution in [3.63, 3.8) is 0 Å². The van der Waals surface area contributed by atoms with Crippen molar-refractivity contribution >= 4 is 12.0 Å². The van der Waals surface area contributed by atoms with Crippen LogP contribution in [-0.4, -0.2) is 54.9 Å². The zero-order chi connectivity index (χ0) is 24.1. The van der Waals surface area contributed by atoms with Crippen molar-refractivity contribution in [1.82, 2.24) is 14.5 Å². The molecule has 4 rings (SSSR count). The van der Waals surface area contributed by atoms with Crippen LogP contribution in [0.3, 0.4) is 0 Å². The van der Waals surface area contributed by atoms with E-state index in [0.717, 1.165) is 31.6 Å². The van der Waals surface area contributed by atoms with Gasteiger partial charge in [-0.1, -0.05) is 36.9 Å². The molecule has 8 nitrogen and oxygen atoms in total. The molecular weight excluding hydrogens is 430 g/mol. The molecule has 0 bridgehead atoms. The van der Waals surface area contributed by atoms with E-state index in [1.807, 2.05) is 18.2 Å². The van der Waals surface area contributed by atoms with Gasteiger partial charge in [-0.05, 0) is 24.1 Å². The highest BCUT2D eigenvalue weighted by Crippen LogP contribution is 2.40. The Morgan fingerprint density at radius 3 is 2.44 bits per heavy atom. The number of nitrogens with zero attached hydrogens (tertiary/aromatic N) is 3. The van der Waals surface area contributed by atoms with E-state index >= 15 is 0 Å². The fourth-order valence-electron chi connectivity index (χ4n) is 4.26. The van der Waals surface area contributed by atoms with E-state index < -0.39 is 0 Å². The first-order chi connectivity index (χ1) is 16.6. The van der Waals surface area contributed by atoms with E-state index in [1.54, 1.807) is 38.3 Å². The van der Waals surface area contributed by atoms with Gasteiger partial charge in [0, 0.05) is 43.6 Å². The number of methoxy groups -OCH3 is 3. The topological polar surface area (TPSA) is 84.6 Å². The van der Waals surface area contributed by atoms with E-state index in [1.165, 1.54) is 5.56 Å². The van der Waals surface area contributed by atoms with Gasteiger partial charge < -0.3 is 24.1 Å². The quantitative estimate of drug-likeness (QED) is 0.504. The van der Waals surface area contributed by atoms with Crippen molar-refractivity contribution in [1.29, 1.82) is 5.41 Å². The molecule has 2 N–H and O–H groups in total.